The molecule has 3 nitrogen and oxygen atoms in total. The predicted molar refractivity (Wildman–Crippen MR) is 67.0 cm³/mol. The van der Waals surface area contributed by atoms with Crippen molar-refractivity contribution < 1.29 is 4.52 Å². The van der Waals surface area contributed by atoms with Gasteiger partial charge in [-0.1, -0.05) is 0 Å². The Balaban J connectivity index is 2.24. The molecular weight excluding hydrogens is 277 g/mol. The summed E-state index contributed by atoms with van der Waals surface area (Å²) in [7, 11) is 0. The monoisotopic (exact) mass is 290 g/mol. The van der Waals surface area contributed by atoms with Crippen LogP contribution >= 0.6 is 0 Å². The van der Waals surface area contributed by atoms with Crippen molar-refractivity contribution >= 4 is 19.0 Å². The average molecular weight is 289 g/mol. The van der Waals surface area contributed by atoms with Gasteiger partial charge in [0.1, 0.15) is 0 Å². The van der Waals surface area contributed by atoms with Crippen LogP contribution in [0.2, 0.25) is 0 Å². The number of hydrogen-bond acceptors (Lipinski definition) is 2. The number of hydrogen-bond donors (Lipinski definition) is 0. The van der Waals surface area contributed by atoms with Crippen LogP contribution in [0.25, 0.3) is 14.7 Å². The van der Waals surface area contributed by atoms with Crippen molar-refractivity contribution in [1.82, 2.24) is 10.1 Å². The quantitative estimate of drug-likeness (QED) is 0.502. The maximum atomic E-state index is 4.66. The summed E-state index contributed by atoms with van der Waals surface area (Å²) < 4.78 is 4.21. The molecule has 0 fully saturated rings. The Hall–Kier alpha value is -1.51. The van der Waals surface area contributed by atoms with Crippen LogP contribution in [0.5, 0.6) is 0 Å². The van der Waals surface area contributed by atoms with Gasteiger partial charge in [-0.3, -0.25) is 0 Å². The molecule has 0 amide bonds. The molecule has 3 rings (SSSR count). The standard InChI is InChI=1S/C13H12N3Se/c1-9-8-10(2)16-13(14-9)17-12(15-16)11-6-4-3-5-7-11/h3-8H,1-2H3/q+1. The molecule has 2 heterocycles. The fraction of sp³-hybridized carbons (Fsp3) is 0.154. The van der Waals surface area contributed by atoms with Crippen LogP contribution < -0.4 is 4.52 Å². The first kappa shape index (κ1) is 10.6. The van der Waals surface area contributed by atoms with Gasteiger partial charge in [-0.2, -0.15) is 0 Å². The van der Waals surface area contributed by atoms with Gasteiger partial charge in [-0.15, -0.1) is 0 Å². The van der Waals surface area contributed by atoms with Crippen molar-refractivity contribution in [3.8, 4) is 10.1 Å². The average Bonchev–Trinajstić information content (AvgIpc) is 2.74. The SMILES string of the molecule is Cc1cc(C)[n+]2nc(-c3ccccc3)[se]c2n1. The van der Waals surface area contributed by atoms with Gasteiger partial charge in [-0.05, 0) is 0 Å². The van der Waals surface area contributed by atoms with Crippen molar-refractivity contribution in [2.45, 2.75) is 13.8 Å². The summed E-state index contributed by atoms with van der Waals surface area (Å²) in [6.45, 7) is 4.11. The van der Waals surface area contributed by atoms with Gasteiger partial charge in [0.05, 0.1) is 0 Å². The van der Waals surface area contributed by atoms with Gasteiger partial charge >= 0.3 is 105 Å². The molecule has 0 unspecified atom stereocenters. The summed E-state index contributed by atoms with van der Waals surface area (Å²) in [6.07, 6.45) is 0. The Morgan fingerprint density at radius 1 is 1.12 bits per heavy atom. The summed E-state index contributed by atoms with van der Waals surface area (Å²) in [5.74, 6) is 0. The fourth-order valence-electron chi connectivity index (χ4n) is 1.83. The minimum absolute atomic E-state index is 0.206. The molecular formula is C13H12N3Se+. The van der Waals surface area contributed by atoms with Crippen molar-refractivity contribution in [3.63, 3.8) is 0 Å². The number of benzene rings is 1. The molecule has 0 saturated carbocycles. The number of aromatic nitrogens is 3. The third kappa shape index (κ3) is 1.90. The van der Waals surface area contributed by atoms with E-state index in [2.05, 4.69) is 35.2 Å². The second-order valence-corrected chi connectivity index (χ2v) is 6.01. The Morgan fingerprint density at radius 2 is 1.88 bits per heavy atom. The topological polar surface area (TPSA) is 29.9 Å². The Morgan fingerprint density at radius 3 is 2.65 bits per heavy atom. The Bertz CT molecular complexity index is 674. The summed E-state index contributed by atoms with van der Waals surface area (Å²) in [4.78, 5) is 4.57. The van der Waals surface area contributed by atoms with Gasteiger partial charge in [0.2, 0.25) is 0 Å². The van der Waals surface area contributed by atoms with E-state index < -0.39 is 0 Å². The molecule has 0 bridgehead atoms. The molecule has 0 N–H and O–H groups in total. The van der Waals surface area contributed by atoms with Gasteiger partial charge in [0.15, 0.2) is 0 Å². The molecule has 0 aliphatic heterocycles. The van der Waals surface area contributed by atoms with E-state index in [0.29, 0.717) is 0 Å². The molecule has 1 aromatic carbocycles. The second kappa shape index (κ2) is 4.06. The third-order valence-corrected chi connectivity index (χ3v) is 4.61. The van der Waals surface area contributed by atoms with Crippen LogP contribution in [0.1, 0.15) is 11.4 Å². The van der Waals surface area contributed by atoms with Gasteiger partial charge in [0.25, 0.3) is 0 Å². The molecule has 0 spiro atoms. The summed E-state index contributed by atoms with van der Waals surface area (Å²) >= 11 is 0.206. The molecule has 17 heavy (non-hydrogen) atoms. The van der Waals surface area contributed by atoms with E-state index in [-0.39, 0.29) is 14.5 Å². The fourth-order valence-corrected chi connectivity index (χ4v) is 3.95. The van der Waals surface area contributed by atoms with Crippen LogP contribution in [0.4, 0.5) is 0 Å². The number of aryl methyl sites for hydroxylation is 2. The van der Waals surface area contributed by atoms with Crippen molar-refractivity contribution in [2.24, 2.45) is 0 Å². The molecule has 4 heteroatoms. The Kier molecular flexibility index (Phi) is 2.54. The summed E-state index contributed by atoms with van der Waals surface area (Å²) in [5, 5.41) is 4.66. The molecule has 0 aliphatic carbocycles. The number of nitrogens with zero attached hydrogens (tertiary/aromatic N) is 3. The Labute approximate surface area is 106 Å². The van der Waals surface area contributed by atoms with E-state index in [9.17, 15) is 0 Å². The zero-order valence-electron chi connectivity index (χ0n) is 9.71. The van der Waals surface area contributed by atoms with Crippen LogP contribution in [-0.2, 0) is 0 Å². The number of rotatable bonds is 1. The molecule has 0 saturated heterocycles. The summed E-state index contributed by atoms with van der Waals surface area (Å²) in [6, 6.07) is 12.4. The third-order valence-electron chi connectivity index (χ3n) is 2.60. The zero-order valence-corrected chi connectivity index (χ0v) is 11.4. The molecule has 0 radical (unpaired) electrons. The van der Waals surface area contributed by atoms with Crippen LogP contribution in [0.15, 0.2) is 36.4 Å². The first-order valence-corrected chi connectivity index (χ1v) is 7.18. The minimum atomic E-state index is 0.206. The van der Waals surface area contributed by atoms with Crippen molar-refractivity contribution in [3.05, 3.63) is 47.8 Å². The van der Waals surface area contributed by atoms with E-state index in [4.69, 9.17) is 0 Å². The second-order valence-electron chi connectivity index (χ2n) is 4.01. The van der Waals surface area contributed by atoms with Crippen molar-refractivity contribution in [1.29, 1.82) is 0 Å². The zero-order chi connectivity index (χ0) is 11.8. The van der Waals surface area contributed by atoms with Crippen LogP contribution in [0, 0.1) is 13.8 Å². The van der Waals surface area contributed by atoms with E-state index in [1.54, 1.807) is 0 Å². The van der Waals surface area contributed by atoms with E-state index in [1.807, 2.05) is 29.6 Å². The first-order valence-electron chi connectivity index (χ1n) is 5.46. The van der Waals surface area contributed by atoms with Gasteiger partial charge in [-0.25, -0.2) is 0 Å². The maximum absolute atomic E-state index is 4.66. The van der Waals surface area contributed by atoms with Gasteiger partial charge in [0, 0.05) is 0 Å². The molecule has 0 atom stereocenters. The first-order chi connectivity index (χ1) is 8.24. The molecule has 0 aliphatic rings. The molecule has 84 valence electrons. The van der Waals surface area contributed by atoms with Crippen LogP contribution in [-0.4, -0.2) is 24.6 Å². The predicted octanol–water partition coefficient (Wildman–Crippen LogP) is 1.56. The van der Waals surface area contributed by atoms with Crippen LogP contribution in [0.3, 0.4) is 0 Å². The summed E-state index contributed by atoms with van der Waals surface area (Å²) in [5.41, 5.74) is 3.43. The molecule has 3 aromatic rings. The van der Waals surface area contributed by atoms with E-state index in [1.165, 1.54) is 5.56 Å². The normalized spacial score (nSPS) is 10.9. The van der Waals surface area contributed by atoms with E-state index in [0.717, 1.165) is 20.5 Å². The molecule has 2 aromatic heterocycles. The number of fused-ring (bicyclic) bond motifs is 1. The van der Waals surface area contributed by atoms with E-state index >= 15 is 0 Å². The van der Waals surface area contributed by atoms with Crippen molar-refractivity contribution in [2.75, 3.05) is 0 Å². The van der Waals surface area contributed by atoms with Gasteiger partial charge < -0.3 is 0 Å².